The molecule has 164 valence electrons. The van der Waals surface area contributed by atoms with Crippen molar-refractivity contribution in [2.45, 2.75) is 57.5 Å². The summed E-state index contributed by atoms with van der Waals surface area (Å²) < 4.78 is 52.6. The molecule has 2 unspecified atom stereocenters. The van der Waals surface area contributed by atoms with Crippen molar-refractivity contribution in [1.82, 2.24) is 10.3 Å². The molecule has 0 saturated heterocycles. The second-order valence-corrected chi connectivity index (χ2v) is 8.15. The summed E-state index contributed by atoms with van der Waals surface area (Å²) in [7, 11) is 0. The Bertz CT molecular complexity index is 895. The second kappa shape index (κ2) is 9.09. The molecular weight excluding hydrogens is 402 g/mol. The molecule has 0 radical (unpaired) electrons. The van der Waals surface area contributed by atoms with Crippen molar-refractivity contribution in [3.05, 3.63) is 64.7 Å². The number of pyridine rings is 1. The minimum absolute atomic E-state index is 0.116. The number of carbonyl (C=O) groups excluding carboxylic acids is 1. The van der Waals surface area contributed by atoms with Crippen LogP contribution in [0.25, 0.3) is 0 Å². The number of hydrogen-bond acceptors (Lipinski definition) is 4. The van der Waals surface area contributed by atoms with E-state index in [2.05, 4.69) is 10.3 Å². The molecule has 1 aromatic carbocycles. The number of hydrogen-bond donors (Lipinski definition) is 3. The third kappa shape index (κ3) is 6.50. The molecule has 0 aliphatic carbocycles. The Morgan fingerprint density at radius 1 is 1.20 bits per heavy atom. The lowest BCUT2D eigenvalue weighted by Gasteiger charge is -2.23. The summed E-state index contributed by atoms with van der Waals surface area (Å²) in [5.74, 6) is -1.22. The van der Waals surface area contributed by atoms with E-state index in [9.17, 15) is 27.5 Å². The number of aliphatic hydroxyl groups is 1. The van der Waals surface area contributed by atoms with E-state index < -0.39 is 35.2 Å². The first-order valence-corrected chi connectivity index (χ1v) is 9.33. The van der Waals surface area contributed by atoms with Gasteiger partial charge in [0.1, 0.15) is 5.82 Å². The first-order chi connectivity index (χ1) is 13.8. The summed E-state index contributed by atoms with van der Waals surface area (Å²) in [5.41, 5.74) is 4.74. The maximum absolute atomic E-state index is 14.0. The van der Waals surface area contributed by atoms with Gasteiger partial charge in [0.25, 0.3) is 5.91 Å². The van der Waals surface area contributed by atoms with Gasteiger partial charge in [-0.2, -0.15) is 13.2 Å². The molecular formula is C21H25F4N3O2. The van der Waals surface area contributed by atoms with E-state index in [-0.39, 0.29) is 35.6 Å². The van der Waals surface area contributed by atoms with E-state index >= 15 is 0 Å². The van der Waals surface area contributed by atoms with Crippen LogP contribution in [0, 0.1) is 5.82 Å². The molecule has 4 N–H and O–H groups in total. The molecule has 0 spiro atoms. The lowest BCUT2D eigenvalue weighted by Crippen LogP contribution is -2.42. The van der Waals surface area contributed by atoms with Crippen LogP contribution < -0.4 is 11.1 Å². The fourth-order valence-electron chi connectivity index (χ4n) is 2.86. The highest BCUT2D eigenvalue weighted by Gasteiger charge is 2.31. The lowest BCUT2D eigenvalue weighted by atomic mass is 9.95. The summed E-state index contributed by atoms with van der Waals surface area (Å²) in [5, 5.41) is 13.2. The number of nitrogens with zero attached hydrogens (tertiary/aromatic N) is 1. The Hall–Kier alpha value is -2.52. The minimum atomic E-state index is -4.62. The lowest BCUT2D eigenvalue weighted by molar-refractivity contribution is -0.137. The minimum Gasteiger partial charge on any atom is -0.391 e. The van der Waals surface area contributed by atoms with E-state index in [0.29, 0.717) is 12.1 Å². The summed E-state index contributed by atoms with van der Waals surface area (Å²) in [6.07, 6.45) is -4.85. The normalized spacial score (nSPS) is 14.3. The van der Waals surface area contributed by atoms with E-state index in [1.165, 1.54) is 6.20 Å². The Morgan fingerprint density at radius 3 is 2.47 bits per heavy atom. The van der Waals surface area contributed by atoms with Crippen molar-refractivity contribution in [2.24, 2.45) is 5.73 Å². The largest absolute Gasteiger partial charge is 0.416 e. The molecule has 0 bridgehead atoms. The predicted octanol–water partition coefficient (Wildman–Crippen LogP) is 3.24. The van der Waals surface area contributed by atoms with Crippen LogP contribution in [0.3, 0.4) is 0 Å². The molecule has 0 fully saturated rings. The molecule has 30 heavy (non-hydrogen) atoms. The monoisotopic (exact) mass is 427 g/mol. The molecule has 0 aliphatic heterocycles. The average molecular weight is 427 g/mol. The first-order valence-electron chi connectivity index (χ1n) is 9.33. The highest BCUT2D eigenvalue weighted by Crippen LogP contribution is 2.30. The molecule has 2 rings (SSSR count). The Morgan fingerprint density at radius 2 is 1.87 bits per heavy atom. The molecule has 1 heterocycles. The van der Waals surface area contributed by atoms with Crippen molar-refractivity contribution in [3.63, 3.8) is 0 Å². The molecule has 1 aromatic heterocycles. The number of rotatable bonds is 6. The van der Waals surface area contributed by atoms with Crippen molar-refractivity contribution >= 4 is 5.91 Å². The first kappa shape index (κ1) is 23.8. The number of halogens is 4. The molecule has 1 amide bonds. The topological polar surface area (TPSA) is 88.2 Å². The van der Waals surface area contributed by atoms with Crippen LogP contribution in [0.15, 0.2) is 36.5 Å². The van der Waals surface area contributed by atoms with E-state index in [4.69, 9.17) is 5.73 Å². The quantitative estimate of drug-likeness (QED) is 0.618. The maximum Gasteiger partial charge on any atom is 0.416 e. The van der Waals surface area contributed by atoms with Crippen LogP contribution in [-0.2, 0) is 19.0 Å². The number of aliphatic hydroxyl groups excluding tert-OH is 1. The van der Waals surface area contributed by atoms with Gasteiger partial charge in [0, 0.05) is 24.2 Å². The zero-order valence-corrected chi connectivity index (χ0v) is 16.9. The van der Waals surface area contributed by atoms with Crippen LogP contribution in [0.5, 0.6) is 0 Å². The van der Waals surface area contributed by atoms with E-state index in [1.54, 1.807) is 12.1 Å². The Kier molecular flexibility index (Phi) is 7.20. The number of nitrogens with two attached hydrogens (primary N) is 1. The maximum atomic E-state index is 14.0. The van der Waals surface area contributed by atoms with Crippen molar-refractivity contribution in [3.8, 4) is 0 Å². The zero-order valence-electron chi connectivity index (χ0n) is 16.9. The molecule has 9 heteroatoms. The van der Waals surface area contributed by atoms with Gasteiger partial charge in [-0.15, -0.1) is 0 Å². The van der Waals surface area contributed by atoms with Gasteiger partial charge in [-0.1, -0.05) is 0 Å². The SMILES string of the molecule is CC(C)(C)NC(=O)c1cccnc1CC(O)C(N)Cc1cc(C(F)(F)F)ccc1F. The smallest absolute Gasteiger partial charge is 0.391 e. The van der Waals surface area contributed by atoms with Gasteiger partial charge in [0.05, 0.1) is 22.9 Å². The predicted molar refractivity (Wildman–Crippen MR) is 104 cm³/mol. The molecule has 0 saturated carbocycles. The average Bonchev–Trinajstić information content (AvgIpc) is 2.61. The molecule has 5 nitrogen and oxygen atoms in total. The fourth-order valence-corrected chi connectivity index (χ4v) is 2.86. The van der Waals surface area contributed by atoms with E-state index in [1.807, 2.05) is 20.8 Å². The third-order valence-corrected chi connectivity index (χ3v) is 4.35. The van der Waals surface area contributed by atoms with Crippen LogP contribution in [-0.4, -0.2) is 33.7 Å². The standard InChI is InChI=1S/C21H25F4N3O2/c1-20(2,3)28-19(30)14-5-4-8-27-17(14)11-18(29)16(26)10-12-9-13(21(23,24)25)6-7-15(12)22/h4-9,16,18,29H,10-11,26H2,1-3H3,(H,28,30). The number of benzene rings is 1. The zero-order chi connectivity index (χ0) is 22.7. The summed E-state index contributed by atoms with van der Waals surface area (Å²) in [6, 6.07) is 4.12. The van der Waals surface area contributed by atoms with E-state index in [0.717, 1.165) is 6.07 Å². The highest BCUT2D eigenvalue weighted by molar-refractivity contribution is 5.95. The summed E-state index contributed by atoms with van der Waals surface area (Å²) in [4.78, 5) is 16.6. The third-order valence-electron chi connectivity index (χ3n) is 4.35. The fraction of sp³-hybridized carbons (Fsp3) is 0.429. The van der Waals surface area contributed by atoms with Gasteiger partial charge in [-0.25, -0.2) is 4.39 Å². The number of nitrogens with one attached hydrogen (secondary N) is 1. The van der Waals surface area contributed by atoms with Gasteiger partial charge >= 0.3 is 6.18 Å². The molecule has 0 aliphatic rings. The van der Waals surface area contributed by atoms with Crippen LogP contribution in [0.1, 0.15) is 48.0 Å². The van der Waals surface area contributed by atoms with Crippen LogP contribution in [0.4, 0.5) is 17.6 Å². The van der Waals surface area contributed by atoms with Gasteiger partial charge in [0.15, 0.2) is 0 Å². The Labute approximate surface area is 172 Å². The number of aromatic nitrogens is 1. The summed E-state index contributed by atoms with van der Waals surface area (Å²) in [6.45, 7) is 5.44. The van der Waals surface area contributed by atoms with Crippen LogP contribution in [0.2, 0.25) is 0 Å². The Balaban J connectivity index is 2.16. The van der Waals surface area contributed by atoms with Gasteiger partial charge < -0.3 is 16.2 Å². The van der Waals surface area contributed by atoms with Crippen molar-refractivity contribution in [1.29, 1.82) is 0 Å². The van der Waals surface area contributed by atoms with Gasteiger partial charge in [0.2, 0.25) is 0 Å². The molecule has 2 aromatic rings. The highest BCUT2D eigenvalue weighted by atomic mass is 19.4. The van der Waals surface area contributed by atoms with Crippen LogP contribution >= 0.6 is 0 Å². The number of alkyl halides is 3. The van der Waals surface area contributed by atoms with Crippen molar-refractivity contribution < 1.29 is 27.5 Å². The van der Waals surface area contributed by atoms with Gasteiger partial charge in [-0.3, -0.25) is 9.78 Å². The van der Waals surface area contributed by atoms with Crippen molar-refractivity contribution in [2.75, 3.05) is 0 Å². The number of carbonyl (C=O) groups is 1. The second-order valence-electron chi connectivity index (χ2n) is 8.15. The summed E-state index contributed by atoms with van der Waals surface area (Å²) >= 11 is 0. The number of amides is 1. The van der Waals surface area contributed by atoms with Gasteiger partial charge in [-0.05, 0) is 63.1 Å². The molecule has 2 atom stereocenters.